The first-order valence-corrected chi connectivity index (χ1v) is 8.55. The van der Waals surface area contributed by atoms with Crippen molar-refractivity contribution in [2.24, 2.45) is 0 Å². The molecule has 0 radical (unpaired) electrons. The third-order valence-corrected chi connectivity index (χ3v) is 4.39. The summed E-state index contributed by atoms with van der Waals surface area (Å²) in [6.07, 6.45) is -0.619. The van der Waals surface area contributed by atoms with Gasteiger partial charge in [0.15, 0.2) is 6.17 Å². The molecule has 0 aliphatic carbocycles. The molecule has 0 bridgehead atoms. The molecular weight excluding hydrogens is 343 g/mol. The van der Waals surface area contributed by atoms with Gasteiger partial charge in [0, 0.05) is 5.56 Å². The Hall–Kier alpha value is -3.54. The summed E-state index contributed by atoms with van der Waals surface area (Å²) in [6.45, 7) is 1.96. The standard InChI is InChI=1S/C21H17FN4O/c1-14-6-8-16(9-7-14)21(27)23-20(15-10-12-17(22)13-11-15)26-19-5-3-2-4-18(19)24-25-26/h2-13,20H,1H3,(H,23,27)/t20-/m0/s1. The van der Waals surface area contributed by atoms with Gasteiger partial charge in [-0.1, -0.05) is 47.2 Å². The van der Waals surface area contributed by atoms with Crippen LogP contribution in [0.15, 0.2) is 72.8 Å². The molecule has 27 heavy (non-hydrogen) atoms. The lowest BCUT2D eigenvalue weighted by Gasteiger charge is -2.20. The first-order valence-electron chi connectivity index (χ1n) is 8.55. The molecule has 1 N–H and O–H groups in total. The van der Waals surface area contributed by atoms with Crippen LogP contribution in [0.2, 0.25) is 0 Å². The summed E-state index contributed by atoms with van der Waals surface area (Å²) in [5, 5.41) is 11.4. The fourth-order valence-electron chi connectivity index (χ4n) is 2.92. The van der Waals surface area contributed by atoms with Gasteiger partial charge in [0.2, 0.25) is 0 Å². The number of halogens is 1. The van der Waals surface area contributed by atoms with Gasteiger partial charge in [0.25, 0.3) is 5.91 Å². The zero-order valence-corrected chi connectivity index (χ0v) is 14.6. The Bertz CT molecular complexity index is 1090. The zero-order valence-electron chi connectivity index (χ0n) is 14.6. The average molecular weight is 360 g/mol. The molecule has 5 nitrogen and oxygen atoms in total. The van der Waals surface area contributed by atoms with E-state index >= 15 is 0 Å². The van der Waals surface area contributed by atoms with Crippen molar-refractivity contribution in [1.29, 1.82) is 0 Å². The third-order valence-electron chi connectivity index (χ3n) is 4.39. The van der Waals surface area contributed by atoms with Gasteiger partial charge in [0.1, 0.15) is 11.3 Å². The van der Waals surface area contributed by atoms with Gasteiger partial charge >= 0.3 is 0 Å². The van der Waals surface area contributed by atoms with Crippen LogP contribution < -0.4 is 5.32 Å². The van der Waals surface area contributed by atoms with Gasteiger partial charge in [-0.25, -0.2) is 9.07 Å². The minimum Gasteiger partial charge on any atom is -0.326 e. The fraction of sp³-hybridized carbons (Fsp3) is 0.0952. The summed E-state index contributed by atoms with van der Waals surface area (Å²) in [5.41, 5.74) is 3.80. The van der Waals surface area contributed by atoms with E-state index < -0.39 is 6.17 Å². The number of nitrogens with one attached hydrogen (secondary N) is 1. The van der Waals surface area contributed by atoms with Crippen molar-refractivity contribution in [3.63, 3.8) is 0 Å². The molecule has 0 spiro atoms. The van der Waals surface area contributed by atoms with Gasteiger partial charge < -0.3 is 5.32 Å². The van der Waals surface area contributed by atoms with Crippen molar-refractivity contribution in [3.05, 3.63) is 95.3 Å². The minimum absolute atomic E-state index is 0.246. The lowest BCUT2D eigenvalue weighted by atomic mass is 10.1. The normalized spacial score (nSPS) is 12.1. The Kier molecular flexibility index (Phi) is 4.38. The van der Waals surface area contributed by atoms with Gasteiger partial charge in [-0.2, -0.15) is 0 Å². The zero-order chi connectivity index (χ0) is 18.8. The number of benzene rings is 3. The van der Waals surface area contributed by atoms with Gasteiger partial charge in [-0.05, 0) is 48.9 Å². The Morgan fingerprint density at radius 3 is 2.44 bits per heavy atom. The number of rotatable bonds is 4. The quantitative estimate of drug-likeness (QED) is 0.601. The lowest BCUT2D eigenvalue weighted by Crippen LogP contribution is -2.34. The lowest BCUT2D eigenvalue weighted by molar-refractivity contribution is 0.0927. The maximum atomic E-state index is 13.4. The van der Waals surface area contributed by atoms with E-state index in [2.05, 4.69) is 15.6 Å². The van der Waals surface area contributed by atoms with Crippen LogP contribution in [0.25, 0.3) is 11.0 Å². The molecule has 0 fully saturated rings. The third kappa shape index (κ3) is 3.42. The number of para-hydroxylation sites is 1. The molecular formula is C21H17FN4O. The Labute approximate surface area is 155 Å². The van der Waals surface area contributed by atoms with Crippen molar-refractivity contribution < 1.29 is 9.18 Å². The number of carbonyl (C=O) groups excluding carboxylic acids is 1. The Balaban J connectivity index is 1.75. The van der Waals surface area contributed by atoms with Crippen molar-refractivity contribution >= 4 is 16.9 Å². The average Bonchev–Trinajstić information content (AvgIpc) is 3.11. The molecule has 6 heteroatoms. The SMILES string of the molecule is Cc1ccc(C(=O)N[C@H](c2ccc(F)cc2)n2nnc3ccccc32)cc1. The highest BCUT2D eigenvalue weighted by atomic mass is 19.1. The van der Waals surface area contributed by atoms with Crippen molar-refractivity contribution in [3.8, 4) is 0 Å². The summed E-state index contributed by atoms with van der Waals surface area (Å²) in [6, 6.07) is 20.8. The van der Waals surface area contributed by atoms with Crippen LogP contribution in [0.1, 0.15) is 27.7 Å². The summed E-state index contributed by atoms with van der Waals surface area (Å²) in [4.78, 5) is 12.8. The van der Waals surface area contributed by atoms with Crippen LogP contribution in [0.5, 0.6) is 0 Å². The highest BCUT2D eigenvalue weighted by Gasteiger charge is 2.21. The van der Waals surface area contributed by atoms with Crippen molar-refractivity contribution in [2.45, 2.75) is 13.1 Å². The predicted molar refractivity (Wildman–Crippen MR) is 101 cm³/mol. The van der Waals surface area contributed by atoms with Crippen LogP contribution in [0, 0.1) is 12.7 Å². The first-order chi connectivity index (χ1) is 13.1. The number of hydrogen-bond donors (Lipinski definition) is 1. The summed E-state index contributed by atoms with van der Waals surface area (Å²) < 4.78 is 15.0. The van der Waals surface area contributed by atoms with E-state index in [9.17, 15) is 9.18 Å². The first kappa shape index (κ1) is 16.9. The topological polar surface area (TPSA) is 59.8 Å². The van der Waals surface area contributed by atoms with Crippen molar-refractivity contribution in [1.82, 2.24) is 20.3 Å². The van der Waals surface area contributed by atoms with Gasteiger partial charge in [-0.3, -0.25) is 4.79 Å². The van der Waals surface area contributed by atoms with Crippen LogP contribution in [-0.2, 0) is 0 Å². The number of nitrogens with zero attached hydrogens (tertiary/aromatic N) is 3. The molecule has 0 unspecified atom stereocenters. The second kappa shape index (κ2) is 6.99. The highest BCUT2D eigenvalue weighted by Crippen LogP contribution is 2.21. The van der Waals surface area contributed by atoms with E-state index in [0.717, 1.165) is 11.1 Å². The molecule has 1 heterocycles. The maximum absolute atomic E-state index is 13.4. The highest BCUT2D eigenvalue weighted by molar-refractivity contribution is 5.94. The smallest absolute Gasteiger partial charge is 0.253 e. The van der Waals surface area contributed by atoms with Crippen LogP contribution >= 0.6 is 0 Å². The molecule has 4 aromatic rings. The molecule has 0 aliphatic heterocycles. The number of hydrogen-bond acceptors (Lipinski definition) is 3. The van der Waals surface area contributed by atoms with E-state index in [1.54, 1.807) is 28.9 Å². The van der Waals surface area contributed by atoms with Crippen LogP contribution in [0.3, 0.4) is 0 Å². The molecule has 1 atom stereocenters. The predicted octanol–water partition coefficient (Wildman–Crippen LogP) is 3.86. The molecule has 0 saturated carbocycles. The van der Waals surface area contributed by atoms with Gasteiger partial charge in [0.05, 0.1) is 5.52 Å². The van der Waals surface area contributed by atoms with E-state index in [4.69, 9.17) is 0 Å². The van der Waals surface area contributed by atoms with Crippen molar-refractivity contribution in [2.75, 3.05) is 0 Å². The van der Waals surface area contributed by atoms with E-state index in [-0.39, 0.29) is 11.7 Å². The van der Waals surface area contributed by atoms with Gasteiger partial charge in [-0.15, -0.1) is 5.10 Å². The fourth-order valence-corrected chi connectivity index (χ4v) is 2.92. The maximum Gasteiger partial charge on any atom is 0.253 e. The second-order valence-electron chi connectivity index (χ2n) is 6.32. The number of fused-ring (bicyclic) bond motifs is 1. The number of amides is 1. The number of aromatic nitrogens is 3. The molecule has 4 rings (SSSR count). The molecule has 134 valence electrons. The summed E-state index contributed by atoms with van der Waals surface area (Å²) in [7, 11) is 0. The molecule has 3 aromatic carbocycles. The van der Waals surface area contributed by atoms with E-state index in [1.807, 2.05) is 43.3 Å². The number of carbonyl (C=O) groups is 1. The summed E-state index contributed by atoms with van der Waals surface area (Å²) >= 11 is 0. The Morgan fingerprint density at radius 1 is 1.00 bits per heavy atom. The largest absolute Gasteiger partial charge is 0.326 e. The van der Waals surface area contributed by atoms with E-state index in [0.29, 0.717) is 16.6 Å². The molecule has 0 aliphatic rings. The van der Waals surface area contributed by atoms with E-state index in [1.165, 1.54) is 12.1 Å². The second-order valence-corrected chi connectivity index (χ2v) is 6.32. The molecule has 0 saturated heterocycles. The number of aryl methyl sites for hydroxylation is 1. The monoisotopic (exact) mass is 360 g/mol. The molecule has 1 amide bonds. The minimum atomic E-state index is -0.619. The summed E-state index contributed by atoms with van der Waals surface area (Å²) in [5.74, 6) is -0.588. The molecule has 1 aromatic heterocycles. The Morgan fingerprint density at radius 2 is 1.70 bits per heavy atom. The van der Waals surface area contributed by atoms with Crippen LogP contribution in [-0.4, -0.2) is 20.9 Å². The van der Waals surface area contributed by atoms with Crippen LogP contribution in [0.4, 0.5) is 4.39 Å².